The van der Waals surface area contributed by atoms with Gasteiger partial charge in [-0.25, -0.2) is 9.67 Å². The van der Waals surface area contributed by atoms with Crippen molar-refractivity contribution in [1.29, 1.82) is 0 Å². The minimum absolute atomic E-state index is 0.101. The molecule has 0 spiro atoms. The van der Waals surface area contributed by atoms with Crippen molar-refractivity contribution in [2.75, 3.05) is 6.61 Å². The van der Waals surface area contributed by atoms with Gasteiger partial charge in [0.2, 0.25) is 0 Å². The molecule has 1 heterocycles. The van der Waals surface area contributed by atoms with E-state index >= 15 is 0 Å². The summed E-state index contributed by atoms with van der Waals surface area (Å²) in [5.41, 5.74) is -0.101. The third kappa shape index (κ3) is 2.67. The second kappa shape index (κ2) is 4.87. The van der Waals surface area contributed by atoms with E-state index in [1.165, 1.54) is 12.8 Å². The van der Waals surface area contributed by atoms with Gasteiger partial charge in [0, 0.05) is 11.6 Å². The maximum Gasteiger partial charge on any atom is 0.147 e. The average molecular weight is 264 g/mol. The van der Waals surface area contributed by atoms with E-state index in [9.17, 15) is 5.11 Å². The van der Waals surface area contributed by atoms with Gasteiger partial charge in [-0.2, -0.15) is 5.10 Å². The minimum atomic E-state index is -0.101. The molecule has 0 bridgehead atoms. The second-order valence-corrected chi connectivity index (χ2v) is 6.26. The third-order valence-corrected chi connectivity index (χ3v) is 4.46. The molecule has 0 aromatic carbocycles. The van der Waals surface area contributed by atoms with Gasteiger partial charge in [-0.15, -0.1) is 0 Å². The molecule has 2 saturated carbocycles. The zero-order chi connectivity index (χ0) is 13.5. The lowest BCUT2D eigenvalue weighted by Gasteiger charge is -2.41. The summed E-state index contributed by atoms with van der Waals surface area (Å²) >= 11 is 0. The van der Waals surface area contributed by atoms with Crippen LogP contribution in [0.1, 0.15) is 56.2 Å². The smallest absolute Gasteiger partial charge is 0.147 e. The fraction of sp³-hybridized carbons (Fsp3) is 0.857. The highest BCUT2D eigenvalue weighted by Crippen LogP contribution is 2.37. The van der Waals surface area contributed by atoms with Gasteiger partial charge < -0.3 is 10.4 Å². The Morgan fingerprint density at radius 3 is 2.74 bits per heavy atom. The van der Waals surface area contributed by atoms with Gasteiger partial charge in [-0.05, 0) is 52.4 Å². The van der Waals surface area contributed by atoms with Crippen molar-refractivity contribution in [3.63, 3.8) is 0 Å². The third-order valence-electron chi connectivity index (χ3n) is 4.46. The molecule has 1 aromatic heterocycles. The average Bonchev–Trinajstić information content (AvgIpc) is 3.13. The van der Waals surface area contributed by atoms with E-state index in [4.69, 9.17) is 0 Å². The van der Waals surface area contributed by atoms with Crippen LogP contribution in [0.5, 0.6) is 0 Å². The van der Waals surface area contributed by atoms with Crippen molar-refractivity contribution >= 4 is 0 Å². The molecule has 2 unspecified atom stereocenters. The van der Waals surface area contributed by atoms with Crippen molar-refractivity contribution in [3.8, 4) is 0 Å². The molecular weight excluding hydrogens is 240 g/mol. The molecule has 2 atom stereocenters. The Morgan fingerprint density at radius 1 is 1.37 bits per heavy atom. The zero-order valence-corrected chi connectivity index (χ0v) is 11.9. The van der Waals surface area contributed by atoms with E-state index in [1.807, 2.05) is 13.8 Å². The summed E-state index contributed by atoms with van der Waals surface area (Å²) in [5, 5.41) is 18.0. The van der Waals surface area contributed by atoms with E-state index in [0.717, 1.165) is 37.3 Å². The molecule has 2 fully saturated rings. The molecule has 0 saturated heterocycles. The maximum atomic E-state index is 9.85. The maximum absolute atomic E-state index is 9.85. The largest absolute Gasteiger partial charge is 0.394 e. The summed E-state index contributed by atoms with van der Waals surface area (Å²) in [4.78, 5) is 4.40. The lowest BCUT2D eigenvalue weighted by atomic mass is 9.79. The first kappa shape index (κ1) is 13.1. The molecule has 0 aliphatic heterocycles. The lowest BCUT2D eigenvalue weighted by Crippen LogP contribution is -2.53. The molecule has 2 aliphatic rings. The van der Waals surface area contributed by atoms with E-state index in [1.54, 1.807) is 0 Å². The molecule has 5 heteroatoms. The Hall–Kier alpha value is -0.940. The first-order valence-corrected chi connectivity index (χ1v) is 7.40. The second-order valence-electron chi connectivity index (χ2n) is 6.26. The summed E-state index contributed by atoms with van der Waals surface area (Å²) in [7, 11) is 0. The molecule has 3 rings (SSSR count). The van der Waals surface area contributed by atoms with Crippen LogP contribution in [-0.2, 0) is 0 Å². The number of nitrogens with zero attached hydrogens (tertiary/aromatic N) is 3. The molecule has 2 aliphatic carbocycles. The number of nitrogens with one attached hydrogen (secondary N) is 1. The van der Waals surface area contributed by atoms with Crippen LogP contribution < -0.4 is 5.32 Å². The molecule has 0 amide bonds. The van der Waals surface area contributed by atoms with E-state index < -0.39 is 0 Å². The van der Waals surface area contributed by atoms with Crippen molar-refractivity contribution < 1.29 is 5.11 Å². The van der Waals surface area contributed by atoms with E-state index in [-0.39, 0.29) is 12.1 Å². The van der Waals surface area contributed by atoms with Crippen LogP contribution in [0.2, 0.25) is 0 Å². The number of aliphatic hydroxyl groups excluding tert-OH is 1. The van der Waals surface area contributed by atoms with Gasteiger partial charge in [0.05, 0.1) is 12.6 Å². The summed E-state index contributed by atoms with van der Waals surface area (Å²) in [6, 6.07) is 0.998. The van der Waals surface area contributed by atoms with Crippen molar-refractivity contribution in [3.05, 3.63) is 11.6 Å². The monoisotopic (exact) mass is 264 g/mol. The number of hydrogen-bond donors (Lipinski definition) is 2. The highest BCUT2D eigenvalue weighted by atomic mass is 16.3. The van der Waals surface area contributed by atoms with Crippen molar-refractivity contribution in [1.82, 2.24) is 20.1 Å². The van der Waals surface area contributed by atoms with Crippen molar-refractivity contribution in [2.45, 2.75) is 70.0 Å². The van der Waals surface area contributed by atoms with Gasteiger partial charge in [0.15, 0.2) is 0 Å². The van der Waals surface area contributed by atoms with Crippen LogP contribution in [0.15, 0.2) is 0 Å². The van der Waals surface area contributed by atoms with Gasteiger partial charge in [-0.3, -0.25) is 0 Å². The van der Waals surface area contributed by atoms with Crippen LogP contribution in [0.4, 0.5) is 0 Å². The van der Waals surface area contributed by atoms with Crippen molar-refractivity contribution in [2.24, 2.45) is 0 Å². The highest BCUT2D eigenvalue weighted by molar-refractivity contribution is 5.01. The molecule has 0 radical (unpaired) electrons. The SMILES string of the molecule is Cc1nc(C)n(C2CCCC(CO)(NC3CC3)C2)n1. The summed E-state index contributed by atoms with van der Waals surface area (Å²) in [5.74, 6) is 1.83. The topological polar surface area (TPSA) is 63.0 Å². The van der Waals surface area contributed by atoms with Crippen LogP contribution in [0.25, 0.3) is 0 Å². The Kier molecular flexibility index (Phi) is 3.35. The summed E-state index contributed by atoms with van der Waals surface area (Å²) in [6.07, 6.45) is 6.83. The van der Waals surface area contributed by atoms with Gasteiger partial charge in [0.1, 0.15) is 11.6 Å². The fourth-order valence-corrected chi connectivity index (χ4v) is 3.40. The van der Waals surface area contributed by atoms with E-state index in [0.29, 0.717) is 12.1 Å². The zero-order valence-electron chi connectivity index (χ0n) is 11.9. The molecule has 5 nitrogen and oxygen atoms in total. The molecule has 106 valence electrons. The first-order chi connectivity index (χ1) is 9.12. The Morgan fingerprint density at radius 2 is 2.16 bits per heavy atom. The van der Waals surface area contributed by atoms with E-state index in [2.05, 4.69) is 20.1 Å². The quantitative estimate of drug-likeness (QED) is 0.865. The Labute approximate surface area is 114 Å². The number of aryl methyl sites for hydroxylation is 2. The molecule has 19 heavy (non-hydrogen) atoms. The number of rotatable bonds is 4. The minimum Gasteiger partial charge on any atom is -0.394 e. The standard InChI is InChI=1S/C14H24N4O/c1-10-15-11(2)18(17-10)13-4-3-7-14(8-13,9-19)16-12-5-6-12/h12-13,16,19H,3-9H2,1-2H3. The summed E-state index contributed by atoms with van der Waals surface area (Å²) in [6.45, 7) is 4.18. The summed E-state index contributed by atoms with van der Waals surface area (Å²) < 4.78 is 2.06. The highest BCUT2D eigenvalue weighted by Gasteiger charge is 2.40. The van der Waals surface area contributed by atoms with Crippen LogP contribution in [-0.4, -0.2) is 38.1 Å². The lowest BCUT2D eigenvalue weighted by molar-refractivity contribution is 0.0920. The number of aliphatic hydroxyl groups is 1. The van der Waals surface area contributed by atoms with Crippen LogP contribution in [0.3, 0.4) is 0 Å². The Bertz CT molecular complexity index is 454. The normalized spacial score (nSPS) is 31.6. The van der Waals surface area contributed by atoms with Gasteiger partial charge >= 0.3 is 0 Å². The number of aromatic nitrogens is 3. The predicted molar refractivity (Wildman–Crippen MR) is 73.0 cm³/mol. The first-order valence-electron chi connectivity index (χ1n) is 7.40. The Balaban J connectivity index is 1.77. The number of hydrogen-bond acceptors (Lipinski definition) is 4. The fourth-order valence-electron chi connectivity index (χ4n) is 3.40. The van der Waals surface area contributed by atoms with Gasteiger partial charge in [-0.1, -0.05) is 0 Å². The predicted octanol–water partition coefficient (Wildman–Crippen LogP) is 1.49. The van der Waals surface area contributed by atoms with Crippen LogP contribution >= 0.6 is 0 Å². The molecular formula is C14H24N4O. The van der Waals surface area contributed by atoms with Gasteiger partial charge in [0.25, 0.3) is 0 Å². The van der Waals surface area contributed by atoms with Crippen LogP contribution in [0, 0.1) is 13.8 Å². The molecule has 1 aromatic rings. The molecule has 2 N–H and O–H groups in total.